The molecule has 1 aromatic heterocycles. The molecule has 1 unspecified atom stereocenters. The topological polar surface area (TPSA) is 59.5 Å². The number of nitrogens with zero attached hydrogens (tertiary/aromatic N) is 2. The fraction of sp³-hybridized carbons (Fsp3) is 0.400. The Morgan fingerprint density at radius 2 is 2.21 bits per heavy atom. The molecule has 0 amide bonds. The maximum Gasteiger partial charge on any atom is 0.180 e. The summed E-state index contributed by atoms with van der Waals surface area (Å²) in [5, 5.41) is 22.3. The normalized spacial score (nSPS) is 13.2. The Morgan fingerprint density at radius 3 is 2.71 bits per heavy atom. The summed E-state index contributed by atoms with van der Waals surface area (Å²) in [5.41, 5.74) is 0.997. The van der Waals surface area contributed by atoms with E-state index in [1.807, 2.05) is 0 Å². The summed E-state index contributed by atoms with van der Waals surface area (Å²) in [6.45, 7) is 2.06. The first kappa shape index (κ1) is 10.5. The van der Waals surface area contributed by atoms with E-state index in [1.165, 1.54) is 18.6 Å². The molecule has 1 heterocycles. The van der Waals surface area contributed by atoms with Gasteiger partial charge in [0.2, 0.25) is 0 Å². The van der Waals surface area contributed by atoms with Crippen molar-refractivity contribution in [3.63, 3.8) is 0 Å². The molecule has 76 valence electrons. The SMILES string of the molecule is CCCC(C=NO)c1cc[n+]([O-])cc1. The average molecular weight is 194 g/mol. The quantitative estimate of drug-likeness (QED) is 0.260. The number of pyridine rings is 1. The number of aromatic nitrogens is 1. The fourth-order valence-corrected chi connectivity index (χ4v) is 1.39. The lowest BCUT2D eigenvalue weighted by atomic mass is 9.97. The zero-order valence-corrected chi connectivity index (χ0v) is 8.13. The summed E-state index contributed by atoms with van der Waals surface area (Å²) in [6.07, 6.45) is 6.30. The predicted molar refractivity (Wildman–Crippen MR) is 53.3 cm³/mol. The highest BCUT2D eigenvalue weighted by Gasteiger charge is 2.08. The first-order valence-corrected chi connectivity index (χ1v) is 4.64. The van der Waals surface area contributed by atoms with Crippen molar-refractivity contribution in [3.05, 3.63) is 35.3 Å². The van der Waals surface area contributed by atoms with Gasteiger partial charge < -0.3 is 10.4 Å². The third-order valence-corrected chi connectivity index (χ3v) is 2.10. The Hall–Kier alpha value is -1.58. The second-order valence-electron chi connectivity index (χ2n) is 3.15. The summed E-state index contributed by atoms with van der Waals surface area (Å²) in [5.74, 6) is 0.0891. The van der Waals surface area contributed by atoms with Crippen LogP contribution < -0.4 is 4.73 Å². The predicted octanol–water partition coefficient (Wildman–Crippen LogP) is 1.66. The lowest BCUT2D eigenvalue weighted by Crippen LogP contribution is -2.24. The molecule has 0 saturated carbocycles. The van der Waals surface area contributed by atoms with Crippen LogP contribution in [-0.2, 0) is 0 Å². The molecular weight excluding hydrogens is 180 g/mol. The smallest absolute Gasteiger partial charge is 0.180 e. The minimum absolute atomic E-state index is 0.0891. The lowest BCUT2D eigenvalue weighted by Gasteiger charge is -2.09. The Morgan fingerprint density at radius 1 is 1.57 bits per heavy atom. The van der Waals surface area contributed by atoms with Crippen LogP contribution in [0.2, 0.25) is 0 Å². The maximum absolute atomic E-state index is 10.8. The Bertz CT molecular complexity index is 295. The molecule has 0 radical (unpaired) electrons. The molecule has 0 fully saturated rings. The van der Waals surface area contributed by atoms with Gasteiger partial charge in [0.15, 0.2) is 12.4 Å². The standard InChI is InChI=1S/C10H14N2O2/c1-2-3-10(8-11-13)9-4-6-12(14)7-5-9/h4-8,10,13H,2-3H2,1H3. The van der Waals surface area contributed by atoms with E-state index in [0.717, 1.165) is 23.1 Å². The van der Waals surface area contributed by atoms with Crippen molar-refractivity contribution in [2.75, 3.05) is 0 Å². The van der Waals surface area contributed by atoms with E-state index in [4.69, 9.17) is 5.21 Å². The molecule has 0 aliphatic carbocycles. The highest BCUT2D eigenvalue weighted by molar-refractivity contribution is 5.66. The molecule has 4 heteroatoms. The zero-order chi connectivity index (χ0) is 10.4. The van der Waals surface area contributed by atoms with Gasteiger partial charge in [-0.25, -0.2) is 0 Å². The van der Waals surface area contributed by atoms with Crippen LogP contribution in [0.3, 0.4) is 0 Å². The number of hydrogen-bond acceptors (Lipinski definition) is 3. The van der Waals surface area contributed by atoms with E-state index in [-0.39, 0.29) is 5.92 Å². The summed E-state index contributed by atoms with van der Waals surface area (Å²) in [7, 11) is 0. The van der Waals surface area contributed by atoms with E-state index in [2.05, 4.69) is 12.1 Å². The van der Waals surface area contributed by atoms with Crippen LogP contribution in [0, 0.1) is 5.21 Å². The third-order valence-electron chi connectivity index (χ3n) is 2.10. The van der Waals surface area contributed by atoms with E-state index in [0.29, 0.717) is 0 Å². The Labute approximate surface area is 83.1 Å². The van der Waals surface area contributed by atoms with Crippen LogP contribution in [0.25, 0.3) is 0 Å². The number of hydrogen-bond donors (Lipinski definition) is 1. The molecule has 0 aliphatic rings. The largest absolute Gasteiger partial charge is 0.619 e. The summed E-state index contributed by atoms with van der Waals surface area (Å²) in [6, 6.07) is 3.49. The fourth-order valence-electron chi connectivity index (χ4n) is 1.39. The van der Waals surface area contributed by atoms with E-state index in [1.54, 1.807) is 12.1 Å². The van der Waals surface area contributed by atoms with Crippen LogP contribution in [0.4, 0.5) is 0 Å². The van der Waals surface area contributed by atoms with Crippen molar-refractivity contribution >= 4 is 6.21 Å². The van der Waals surface area contributed by atoms with Crippen molar-refractivity contribution in [1.82, 2.24) is 0 Å². The monoisotopic (exact) mass is 194 g/mol. The molecule has 0 saturated heterocycles. The van der Waals surface area contributed by atoms with Crippen LogP contribution in [0.5, 0.6) is 0 Å². The highest BCUT2D eigenvalue weighted by Crippen LogP contribution is 2.17. The molecule has 1 rings (SSSR count). The van der Waals surface area contributed by atoms with Crippen molar-refractivity contribution in [1.29, 1.82) is 0 Å². The van der Waals surface area contributed by atoms with Gasteiger partial charge in [0.05, 0.1) is 6.21 Å². The summed E-state index contributed by atoms with van der Waals surface area (Å²) >= 11 is 0. The molecular formula is C10H14N2O2. The first-order valence-electron chi connectivity index (χ1n) is 4.64. The molecule has 14 heavy (non-hydrogen) atoms. The molecule has 0 aromatic carbocycles. The maximum atomic E-state index is 10.8. The van der Waals surface area contributed by atoms with Gasteiger partial charge in [-0.15, -0.1) is 5.16 Å². The third kappa shape index (κ3) is 2.73. The summed E-state index contributed by atoms with van der Waals surface area (Å²) < 4.78 is 0.739. The Kier molecular flexibility index (Phi) is 3.91. The highest BCUT2D eigenvalue weighted by atomic mass is 16.5. The average Bonchev–Trinajstić information content (AvgIpc) is 2.19. The van der Waals surface area contributed by atoms with Crippen molar-refractivity contribution < 1.29 is 9.94 Å². The van der Waals surface area contributed by atoms with Crippen molar-refractivity contribution in [2.24, 2.45) is 5.16 Å². The lowest BCUT2D eigenvalue weighted by molar-refractivity contribution is -0.605. The van der Waals surface area contributed by atoms with Gasteiger partial charge in [-0.2, -0.15) is 4.73 Å². The second kappa shape index (κ2) is 5.21. The summed E-state index contributed by atoms with van der Waals surface area (Å²) in [4.78, 5) is 0. The van der Waals surface area contributed by atoms with Gasteiger partial charge in [-0.3, -0.25) is 0 Å². The van der Waals surface area contributed by atoms with Crippen LogP contribution in [-0.4, -0.2) is 11.4 Å². The van der Waals surface area contributed by atoms with E-state index in [9.17, 15) is 5.21 Å². The van der Waals surface area contributed by atoms with Gasteiger partial charge in [-0.1, -0.05) is 13.3 Å². The number of rotatable bonds is 4. The van der Waals surface area contributed by atoms with Gasteiger partial charge >= 0.3 is 0 Å². The van der Waals surface area contributed by atoms with Crippen LogP contribution in [0.1, 0.15) is 31.2 Å². The Balaban J connectivity index is 2.81. The van der Waals surface area contributed by atoms with Crippen LogP contribution in [0.15, 0.2) is 29.7 Å². The van der Waals surface area contributed by atoms with Gasteiger partial charge in [0.25, 0.3) is 0 Å². The molecule has 0 bridgehead atoms. The van der Waals surface area contributed by atoms with E-state index < -0.39 is 0 Å². The van der Waals surface area contributed by atoms with Crippen LogP contribution >= 0.6 is 0 Å². The minimum Gasteiger partial charge on any atom is -0.619 e. The molecule has 4 nitrogen and oxygen atoms in total. The van der Waals surface area contributed by atoms with Crippen molar-refractivity contribution in [3.8, 4) is 0 Å². The van der Waals surface area contributed by atoms with Gasteiger partial charge in [0.1, 0.15) is 0 Å². The molecule has 0 spiro atoms. The minimum atomic E-state index is 0.0891. The second-order valence-corrected chi connectivity index (χ2v) is 3.15. The molecule has 0 aliphatic heterocycles. The van der Waals surface area contributed by atoms with E-state index >= 15 is 0 Å². The molecule has 1 aromatic rings. The first-order chi connectivity index (χ1) is 6.77. The van der Waals surface area contributed by atoms with Gasteiger partial charge in [0, 0.05) is 18.1 Å². The molecule has 1 atom stereocenters. The van der Waals surface area contributed by atoms with Crippen molar-refractivity contribution in [2.45, 2.75) is 25.7 Å². The zero-order valence-electron chi connectivity index (χ0n) is 8.13. The number of oxime groups is 1. The van der Waals surface area contributed by atoms with Gasteiger partial charge in [-0.05, 0) is 12.0 Å². The molecule has 1 N–H and O–H groups in total.